The van der Waals surface area contributed by atoms with E-state index in [0.717, 1.165) is 26.2 Å². The van der Waals surface area contributed by atoms with Crippen LogP contribution in [0.25, 0.3) is 0 Å². The number of hydrogen-bond donors (Lipinski definition) is 1. The molecule has 2 aromatic rings. The summed E-state index contributed by atoms with van der Waals surface area (Å²) in [6.45, 7) is 5.35. The molecule has 3 rings (SSSR count). The third-order valence-corrected chi connectivity index (χ3v) is 4.09. The van der Waals surface area contributed by atoms with E-state index in [1.807, 2.05) is 24.3 Å². The Morgan fingerprint density at radius 2 is 1.91 bits per heavy atom. The Labute approximate surface area is 135 Å². The first-order valence-electron chi connectivity index (χ1n) is 7.86. The van der Waals surface area contributed by atoms with Crippen LogP contribution in [0.5, 0.6) is 0 Å². The fraction of sp³-hybridized carbons (Fsp3) is 0.438. The van der Waals surface area contributed by atoms with Gasteiger partial charge in [-0.3, -0.25) is 9.48 Å². The highest BCUT2D eigenvalue weighted by Crippen LogP contribution is 2.17. The summed E-state index contributed by atoms with van der Waals surface area (Å²) in [6.07, 6.45) is 3.12. The number of carbonyl (C=O) groups excluding carboxylic acids is 1. The number of anilines is 1. The third kappa shape index (κ3) is 4.07. The van der Waals surface area contributed by atoms with Gasteiger partial charge in [-0.05, 0) is 31.3 Å². The second-order valence-electron chi connectivity index (χ2n) is 5.75. The molecule has 7 nitrogen and oxygen atoms in total. The molecule has 1 aromatic heterocycles. The van der Waals surface area contributed by atoms with Gasteiger partial charge in [0.2, 0.25) is 0 Å². The topological polar surface area (TPSA) is 66.3 Å². The Bertz CT molecular complexity index is 617. The van der Waals surface area contributed by atoms with Crippen molar-refractivity contribution < 1.29 is 4.79 Å². The molecular weight excluding hydrogens is 292 g/mol. The van der Waals surface area contributed by atoms with Gasteiger partial charge in [0.25, 0.3) is 5.91 Å². The number of amides is 1. The number of rotatable bonds is 5. The van der Waals surface area contributed by atoms with E-state index in [9.17, 15) is 4.79 Å². The number of nitrogens with zero attached hydrogens (tertiary/aromatic N) is 5. The zero-order valence-corrected chi connectivity index (χ0v) is 13.4. The van der Waals surface area contributed by atoms with Crippen LogP contribution < -0.4 is 10.2 Å². The van der Waals surface area contributed by atoms with Crippen LogP contribution >= 0.6 is 0 Å². The number of benzene rings is 1. The lowest BCUT2D eigenvalue weighted by Gasteiger charge is -2.34. The SMILES string of the molecule is CN1CCN(c2ccc(C(=O)NCCn3cncn3)cc2)CC1. The Balaban J connectivity index is 1.51. The lowest BCUT2D eigenvalue weighted by atomic mass is 10.1. The maximum atomic E-state index is 12.1. The molecule has 0 atom stereocenters. The molecule has 1 amide bonds. The van der Waals surface area contributed by atoms with Crippen molar-refractivity contribution >= 4 is 11.6 Å². The second kappa shape index (κ2) is 7.23. The molecule has 122 valence electrons. The average molecular weight is 314 g/mol. The van der Waals surface area contributed by atoms with Gasteiger partial charge in [-0.2, -0.15) is 5.10 Å². The predicted molar refractivity (Wildman–Crippen MR) is 88.5 cm³/mol. The molecule has 1 saturated heterocycles. The van der Waals surface area contributed by atoms with E-state index >= 15 is 0 Å². The quantitative estimate of drug-likeness (QED) is 0.868. The first-order chi connectivity index (χ1) is 11.2. The molecule has 7 heteroatoms. The van der Waals surface area contributed by atoms with Crippen LogP contribution in [-0.4, -0.2) is 65.3 Å². The molecule has 0 radical (unpaired) electrons. The smallest absolute Gasteiger partial charge is 0.251 e. The van der Waals surface area contributed by atoms with Crippen molar-refractivity contribution in [3.63, 3.8) is 0 Å². The van der Waals surface area contributed by atoms with Gasteiger partial charge in [0.05, 0.1) is 6.54 Å². The summed E-state index contributed by atoms with van der Waals surface area (Å²) in [6, 6.07) is 7.83. The molecule has 1 aliphatic heterocycles. The zero-order valence-electron chi connectivity index (χ0n) is 13.4. The van der Waals surface area contributed by atoms with Gasteiger partial charge in [0.15, 0.2) is 0 Å². The molecule has 0 bridgehead atoms. The number of nitrogens with one attached hydrogen (secondary N) is 1. The largest absolute Gasteiger partial charge is 0.369 e. The third-order valence-electron chi connectivity index (χ3n) is 4.09. The molecule has 1 aromatic carbocycles. The normalized spacial score (nSPS) is 15.6. The maximum Gasteiger partial charge on any atom is 0.251 e. The summed E-state index contributed by atoms with van der Waals surface area (Å²) in [7, 11) is 2.14. The average Bonchev–Trinajstić information content (AvgIpc) is 3.09. The fourth-order valence-corrected chi connectivity index (χ4v) is 2.62. The van der Waals surface area contributed by atoms with Crippen LogP contribution in [-0.2, 0) is 6.54 Å². The van der Waals surface area contributed by atoms with Gasteiger partial charge < -0.3 is 15.1 Å². The van der Waals surface area contributed by atoms with Gasteiger partial charge in [-0.15, -0.1) is 0 Å². The van der Waals surface area contributed by atoms with E-state index in [1.165, 1.54) is 12.0 Å². The molecule has 1 fully saturated rings. The lowest BCUT2D eigenvalue weighted by Crippen LogP contribution is -2.44. The molecule has 0 spiro atoms. The lowest BCUT2D eigenvalue weighted by molar-refractivity contribution is 0.0952. The van der Waals surface area contributed by atoms with Crippen molar-refractivity contribution in [2.75, 3.05) is 44.7 Å². The van der Waals surface area contributed by atoms with Gasteiger partial charge >= 0.3 is 0 Å². The summed E-state index contributed by atoms with van der Waals surface area (Å²) in [4.78, 5) is 20.7. The fourth-order valence-electron chi connectivity index (χ4n) is 2.62. The van der Waals surface area contributed by atoms with Crippen LogP contribution in [0.2, 0.25) is 0 Å². The van der Waals surface area contributed by atoms with Gasteiger partial charge in [-0.25, -0.2) is 4.98 Å². The van der Waals surface area contributed by atoms with Crippen LogP contribution in [0.15, 0.2) is 36.9 Å². The standard InChI is InChI=1S/C16H22N6O/c1-20-8-10-21(11-9-20)15-4-2-14(3-5-15)16(23)18-6-7-22-13-17-12-19-22/h2-5,12-13H,6-11H2,1H3,(H,18,23). The van der Waals surface area contributed by atoms with Crippen LogP contribution in [0, 0.1) is 0 Å². The Morgan fingerprint density at radius 3 is 2.57 bits per heavy atom. The zero-order chi connectivity index (χ0) is 16.1. The van der Waals surface area contributed by atoms with Crippen LogP contribution in [0.3, 0.4) is 0 Å². The van der Waals surface area contributed by atoms with Crippen molar-refractivity contribution in [3.05, 3.63) is 42.5 Å². The van der Waals surface area contributed by atoms with E-state index in [1.54, 1.807) is 11.0 Å². The summed E-state index contributed by atoms with van der Waals surface area (Å²) in [5.41, 5.74) is 1.86. The molecule has 23 heavy (non-hydrogen) atoms. The summed E-state index contributed by atoms with van der Waals surface area (Å²) >= 11 is 0. The predicted octanol–water partition coefficient (Wildman–Crippen LogP) is 0.460. The molecule has 0 aliphatic carbocycles. The van der Waals surface area contributed by atoms with E-state index < -0.39 is 0 Å². The van der Waals surface area contributed by atoms with Gasteiger partial charge in [-0.1, -0.05) is 0 Å². The van der Waals surface area contributed by atoms with Crippen molar-refractivity contribution in [3.8, 4) is 0 Å². The molecule has 0 unspecified atom stereocenters. The first-order valence-corrected chi connectivity index (χ1v) is 7.86. The minimum absolute atomic E-state index is 0.0601. The van der Waals surface area contributed by atoms with Crippen molar-refractivity contribution in [1.29, 1.82) is 0 Å². The number of aromatic nitrogens is 3. The Morgan fingerprint density at radius 1 is 1.17 bits per heavy atom. The van der Waals surface area contributed by atoms with Crippen molar-refractivity contribution in [2.45, 2.75) is 6.54 Å². The molecule has 1 aliphatic rings. The Hall–Kier alpha value is -2.41. The van der Waals surface area contributed by atoms with Gasteiger partial charge in [0, 0.05) is 44.0 Å². The van der Waals surface area contributed by atoms with Crippen molar-refractivity contribution in [2.24, 2.45) is 0 Å². The van der Waals surface area contributed by atoms with Crippen molar-refractivity contribution in [1.82, 2.24) is 25.0 Å². The monoisotopic (exact) mass is 314 g/mol. The van der Waals surface area contributed by atoms with E-state index in [-0.39, 0.29) is 5.91 Å². The number of hydrogen-bond acceptors (Lipinski definition) is 5. The molecule has 1 N–H and O–H groups in total. The highest BCUT2D eigenvalue weighted by Gasteiger charge is 2.14. The highest BCUT2D eigenvalue weighted by molar-refractivity contribution is 5.94. The molecule has 0 saturated carbocycles. The van der Waals surface area contributed by atoms with Crippen LogP contribution in [0.1, 0.15) is 10.4 Å². The maximum absolute atomic E-state index is 12.1. The summed E-state index contributed by atoms with van der Waals surface area (Å²) < 4.78 is 1.69. The minimum atomic E-state index is -0.0601. The summed E-state index contributed by atoms with van der Waals surface area (Å²) in [5.74, 6) is -0.0601. The highest BCUT2D eigenvalue weighted by atomic mass is 16.1. The first kappa shape index (κ1) is 15.5. The van der Waals surface area contributed by atoms with E-state index in [4.69, 9.17) is 0 Å². The molecule has 2 heterocycles. The minimum Gasteiger partial charge on any atom is -0.369 e. The number of carbonyl (C=O) groups is 1. The number of likely N-dealkylation sites (N-methyl/N-ethyl adjacent to an activating group) is 1. The Kier molecular flexibility index (Phi) is 4.87. The second-order valence-corrected chi connectivity index (χ2v) is 5.75. The van der Waals surface area contributed by atoms with Crippen LogP contribution in [0.4, 0.5) is 5.69 Å². The molecular formula is C16H22N6O. The summed E-state index contributed by atoms with van der Waals surface area (Å²) in [5, 5.41) is 6.89. The number of piperazine rings is 1. The van der Waals surface area contributed by atoms with E-state index in [0.29, 0.717) is 18.7 Å². The van der Waals surface area contributed by atoms with E-state index in [2.05, 4.69) is 32.2 Å². The van der Waals surface area contributed by atoms with Gasteiger partial charge in [0.1, 0.15) is 12.7 Å².